The first-order valence-electron chi connectivity index (χ1n) is 10.3. The van der Waals surface area contributed by atoms with Crippen LogP contribution in [0, 0.1) is 0 Å². The molecular formula is C22H25F3N4O. The smallest absolute Gasteiger partial charge is 0.354 e. The van der Waals surface area contributed by atoms with Crippen molar-refractivity contribution in [1.29, 1.82) is 0 Å². The summed E-state index contributed by atoms with van der Waals surface area (Å²) in [7, 11) is 0. The van der Waals surface area contributed by atoms with Crippen LogP contribution in [0.1, 0.15) is 30.0 Å². The van der Waals surface area contributed by atoms with Crippen LogP contribution in [0.15, 0.2) is 48.7 Å². The number of carbonyl (C=O) groups is 1. The summed E-state index contributed by atoms with van der Waals surface area (Å²) in [5.74, 6) is 0.671. The van der Waals surface area contributed by atoms with Crippen LogP contribution in [-0.4, -0.2) is 60.0 Å². The van der Waals surface area contributed by atoms with E-state index in [1.807, 2.05) is 40.1 Å². The Kier molecular flexibility index (Phi) is 5.94. The predicted octanol–water partition coefficient (Wildman–Crippen LogP) is 3.59. The van der Waals surface area contributed by atoms with E-state index in [9.17, 15) is 18.0 Å². The number of anilines is 1. The van der Waals surface area contributed by atoms with Crippen molar-refractivity contribution in [3.05, 3.63) is 59.8 Å². The zero-order chi connectivity index (χ0) is 21.1. The number of alkyl halides is 3. The van der Waals surface area contributed by atoms with E-state index in [0.29, 0.717) is 32.0 Å². The van der Waals surface area contributed by atoms with Crippen LogP contribution in [-0.2, 0) is 11.0 Å². The number of aromatic nitrogens is 1. The van der Waals surface area contributed by atoms with Gasteiger partial charge in [-0.05, 0) is 30.5 Å². The summed E-state index contributed by atoms with van der Waals surface area (Å²) in [6.45, 7) is 4.10. The molecule has 0 radical (unpaired) electrons. The quantitative estimate of drug-likeness (QED) is 0.761. The van der Waals surface area contributed by atoms with Crippen molar-refractivity contribution in [1.82, 2.24) is 14.8 Å². The van der Waals surface area contributed by atoms with Crippen molar-refractivity contribution < 1.29 is 18.0 Å². The first-order valence-corrected chi connectivity index (χ1v) is 10.3. The first-order chi connectivity index (χ1) is 14.4. The van der Waals surface area contributed by atoms with Gasteiger partial charge in [-0.2, -0.15) is 13.2 Å². The van der Waals surface area contributed by atoms with E-state index in [1.54, 1.807) is 0 Å². The van der Waals surface area contributed by atoms with Gasteiger partial charge in [0.05, 0.1) is 5.56 Å². The number of hydrogen-bond donors (Lipinski definition) is 0. The number of halogens is 3. The molecule has 30 heavy (non-hydrogen) atoms. The minimum Gasteiger partial charge on any atom is -0.354 e. The SMILES string of the molecule is O=C(C(c1ccccc1)N1CCN(c2ccc(C(F)(F)F)cn2)CC1)N1CCCC1. The summed E-state index contributed by atoms with van der Waals surface area (Å²) in [6.07, 6.45) is -1.42. The molecule has 4 rings (SSSR count). The molecule has 0 saturated carbocycles. The van der Waals surface area contributed by atoms with Crippen molar-refractivity contribution in [3.63, 3.8) is 0 Å². The van der Waals surface area contributed by atoms with Gasteiger partial charge in [0, 0.05) is 45.5 Å². The van der Waals surface area contributed by atoms with Gasteiger partial charge in [0.2, 0.25) is 5.91 Å². The van der Waals surface area contributed by atoms with E-state index in [1.165, 1.54) is 6.07 Å². The lowest BCUT2D eigenvalue weighted by Crippen LogP contribution is -2.51. The highest BCUT2D eigenvalue weighted by molar-refractivity contribution is 5.83. The second kappa shape index (κ2) is 8.63. The molecule has 1 aromatic carbocycles. The molecule has 160 valence electrons. The van der Waals surface area contributed by atoms with Crippen LogP contribution in [0.2, 0.25) is 0 Å². The Morgan fingerprint density at radius 1 is 0.900 bits per heavy atom. The maximum Gasteiger partial charge on any atom is 0.417 e. The number of amides is 1. The van der Waals surface area contributed by atoms with Gasteiger partial charge in [-0.15, -0.1) is 0 Å². The minimum atomic E-state index is -4.39. The lowest BCUT2D eigenvalue weighted by molar-refractivity contribution is -0.138. The zero-order valence-corrected chi connectivity index (χ0v) is 16.7. The number of rotatable bonds is 4. The highest BCUT2D eigenvalue weighted by Gasteiger charge is 2.35. The number of pyridine rings is 1. The second-order valence-corrected chi connectivity index (χ2v) is 7.77. The van der Waals surface area contributed by atoms with Crippen LogP contribution in [0.3, 0.4) is 0 Å². The first kappa shape index (κ1) is 20.7. The predicted molar refractivity (Wildman–Crippen MR) is 108 cm³/mol. The van der Waals surface area contributed by atoms with Gasteiger partial charge < -0.3 is 9.80 Å². The Morgan fingerprint density at radius 3 is 2.13 bits per heavy atom. The molecule has 1 aromatic heterocycles. The molecule has 1 atom stereocenters. The third-order valence-electron chi connectivity index (χ3n) is 5.85. The van der Waals surface area contributed by atoms with Crippen molar-refractivity contribution in [2.75, 3.05) is 44.2 Å². The molecule has 2 aromatic rings. The number of piperazine rings is 1. The van der Waals surface area contributed by atoms with Crippen molar-refractivity contribution in [3.8, 4) is 0 Å². The number of nitrogens with zero attached hydrogens (tertiary/aromatic N) is 4. The van der Waals surface area contributed by atoms with Gasteiger partial charge >= 0.3 is 6.18 Å². The van der Waals surface area contributed by atoms with Crippen molar-refractivity contribution in [2.24, 2.45) is 0 Å². The third kappa shape index (κ3) is 4.43. The molecule has 5 nitrogen and oxygen atoms in total. The minimum absolute atomic E-state index is 0.139. The average molecular weight is 418 g/mol. The fourth-order valence-electron chi connectivity index (χ4n) is 4.21. The van der Waals surface area contributed by atoms with Gasteiger partial charge in [0.25, 0.3) is 0 Å². The summed E-state index contributed by atoms with van der Waals surface area (Å²) in [5, 5.41) is 0. The zero-order valence-electron chi connectivity index (χ0n) is 16.7. The molecule has 0 bridgehead atoms. The lowest BCUT2D eigenvalue weighted by Gasteiger charge is -2.40. The molecule has 0 aliphatic carbocycles. The molecular weight excluding hydrogens is 393 g/mol. The van der Waals surface area contributed by atoms with Gasteiger partial charge in [-0.1, -0.05) is 30.3 Å². The fourth-order valence-corrected chi connectivity index (χ4v) is 4.21. The summed E-state index contributed by atoms with van der Waals surface area (Å²) >= 11 is 0. The lowest BCUT2D eigenvalue weighted by atomic mass is 10.0. The van der Waals surface area contributed by atoms with Gasteiger partial charge in [0.1, 0.15) is 11.9 Å². The maximum atomic E-state index is 13.3. The Bertz CT molecular complexity index is 843. The molecule has 1 amide bonds. The van der Waals surface area contributed by atoms with E-state index in [0.717, 1.165) is 43.8 Å². The number of likely N-dealkylation sites (tertiary alicyclic amines) is 1. The van der Waals surface area contributed by atoms with Crippen LogP contribution in [0.4, 0.5) is 19.0 Å². The monoisotopic (exact) mass is 418 g/mol. The van der Waals surface area contributed by atoms with E-state index < -0.39 is 11.7 Å². The van der Waals surface area contributed by atoms with Gasteiger partial charge in [-0.3, -0.25) is 9.69 Å². The summed E-state index contributed by atoms with van der Waals surface area (Å²) in [4.78, 5) is 23.4. The standard InChI is InChI=1S/C22H25F3N4O/c23-22(24,25)18-8-9-19(26-16-18)27-12-14-28(15-13-27)20(17-6-2-1-3-7-17)21(30)29-10-4-5-11-29/h1-3,6-9,16,20H,4-5,10-15H2. The van der Waals surface area contributed by atoms with E-state index in [-0.39, 0.29) is 11.9 Å². The van der Waals surface area contributed by atoms with Crippen LogP contribution >= 0.6 is 0 Å². The van der Waals surface area contributed by atoms with Gasteiger partial charge in [-0.25, -0.2) is 4.98 Å². The third-order valence-corrected chi connectivity index (χ3v) is 5.85. The topological polar surface area (TPSA) is 39.7 Å². The molecule has 8 heteroatoms. The number of carbonyl (C=O) groups excluding carboxylic acids is 1. The summed E-state index contributed by atoms with van der Waals surface area (Å²) in [6, 6.07) is 12.0. The normalized spacial score (nSPS) is 19.2. The van der Waals surface area contributed by atoms with E-state index >= 15 is 0 Å². The Balaban J connectivity index is 1.46. The Morgan fingerprint density at radius 2 is 1.57 bits per heavy atom. The highest BCUT2D eigenvalue weighted by Crippen LogP contribution is 2.30. The molecule has 0 spiro atoms. The molecule has 2 fully saturated rings. The van der Waals surface area contributed by atoms with Crippen LogP contribution in [0.5, 0.6) is 0 Å². The van der Waals surface area contributed by atoms with Crippen LogP contribution < -0.4 is 4.90 Å². The Labute approximate surface area is 174 Å². The molecule has 3 heterocycles. The van der Waals surface area contributed by atoms with Crippen LogP contribution in [0.25, 0.3) is 0 Å². The Hall–Kier alpha value is -2.61. The van der Waals surface area contributed by atoms with Crippen molar-refractivity contribution >= 4 is 11.7 Å². The molecule has 2 aliphatic heterocycles. The number of hydrogen-bond acceptors (Lipinski definition) is 4. The number of benzene rings is 1. The summed E-state index contributed by atoms with van der Waals surface area (Å²) in [5.41, 5.74) is 0.237. The molecule has 0 N–H and O–H groups in total. The largest absolute Gasteiger partial charge is 0.417 e. The molecule has 2 saturated heterocycles. The second-order valence-electron chi connectivity index (χ2n) is 7.77. The molecule has 1 unspecified atom stereocenters. The maximum absolute atomic E-state index is 13.3. The van der Waals surface area contributed by atoms with E-state index in [4.69, 9.17) is 0 Å². The molecule has 2 aliphatic rings. The average Bonchev–Trinajstić information content (AvgIpc) is 3.30. The van der Waals surface area contributed by atoms with Gasteiger partial charge in [0.15, 0.2) is 0 Å². The summed E-state index contributed by atoms with van der Waals surface area (Å²) < 4.78 is 38.3. The van der Waals surface area contributed by atoms with Crippen molar-refractivity contribution in [2.45, 2.75) is 25.1 Å². The fraction of sp³-hybridized carbons (Fsp3) is 0.455. The van der Waals surface area contributed by atoms with E-state index in [2.05, 4.69) is 9.88 Å². The highest BCUT2D eigenvalue weighted by atomic mass is 19.4.